The Balaban J connectivity index is 0.000000254. The van der Waals surface area contributed by atoms with E-state index in [1.54, 1.807) is 6.20 Å². The van der Waals surface area contributed by atoms with Crippen LogP contribution in [0.5, 0.6) is 0 Å². The molecule has 2 heterocycles. The van der Waals surface area contributed by atoms with Gasteiger partial charge in [0, 0.05) is 84.7 Å². The van der Waals surface area contributed by atoms with Crippen molar-refractivity contribution < 1.29 is 52.8 Å². The van der Waals surface area contributed by atoms with Crippen LogP contribution in [0, 0.1) is 24.3 Å². The molecular weight excluding hydrogens is 802 g/mol. The van der Waals surface area contributed by atoms with E-state index in [-0.39, 0.29) is 66.6 Å². The summed E-state index contributed by atoms with van der Waals surface area (Å²) in [7, 11) is 0. The monoisotopic (exact) mass is 832 g/mol. The van der Waals surface area contributed by atoms with Crippen molar-refractivity contribution in [3.8, 4) is 33.8 Å². The molecule has 0 aliphatic heterocycles. The van der Waals surface area contributed by atoms with Crippen molar-refractivity contribution in [3.05, 3.63) is 152 Å². The summed E-state index contributed by atoms with van der Waals surface area (Å²) in [6, 6.07) is 50.0. The third-order valence-electron chi connectivity index (χ3n) is 6.97. The van der Waals surface area contributed by atoms with Crippen molar-refractivity contribution in [2.45, 2.75) is 26.2 Å². The first-order chi connectivity index (χ1) is 20.5. The quantitative estimate of drug-likeness (QED) is 0.102. The SMILES string of the molecule is CC(C)(C)c1ccnc(-c2[c-]cccc2)n1.[B].[Ir].[Y].[c-]1ccc(-c2[c-]c3c(cc2)ccc2ccccc23)[c-]c1-c1ccccn1. The van der Waals surface area contributed by atoms with Crippen molar-refractivity contribution >= 4 is 30.0 Å². The van der Waals surface area contributed by atoms with Gasteiger partial charge in [0.1, 0.15) is 0 Å². The van der Waals surface area contributed by atoms with Crippen LogP contribution in [-0.4, -0.2) is 23.4 Å². The molecule has 0 spiro atoms. The second kappa shape index (κ2) is 16.3. The van der Waals surface area contributed by atoms with E-state index in [1.807, 2.05) is 66.9 Å². The van der Waals surface area contributed by atoms with Gasteiger partial charge < -0.3 is 11.1 Å². The number of rotatable bonds is 3. The Bertz CT molecular complexity index is 1980. The zero-order valence-corrected chi connectivity index (χ0v) is 30.6. The normalized spacial score (nSPS) is 10.5. The smallest absolute Gasteiger partial charge is 0.0751 e. The van der Waals surface area contributed by atoms with Gasteiger partial charge in [-0.15, -0.1) is 65.5 Å². The van der Waals surface area contributed by atoms with E-state index < -0.39 is 0 Å². The van der Waals surface area contributed by atoms with Crippen LogP contribution in [0.2, 0.25) is 0 Å². The summed E-state index contributed by atoms with van der Waals surface area (Å²) in [6.07, 6.45) is 3.60. The molecule has 5 aromatic carbocycles. The molecule has 0 aliphatic carbocycles. The van der Waals surface area contributed by atoms with E-state index in [2.05, 4.69) is 109 Å². The molecule has 0 saturated carbocycles. The van der Waals surface area contributed by atoms with Crippen LogP contribution in [0.25, 0.3) is 55.3 Å². The fourth-order valence-corrected chi connectivity index (χ4v) is 4.74. The molecule has 219 valence electrons. The molecule has 7 aromatic rings. The van der Waals surface area contributed by atoms with Crippen LogP contribution >= 0.6 is 0 Å². The summed E-state index contributed by atoms with van der Waals surface area (Å²) in [4.78, 5) is 13.3. The van der Waals surface area contributed by atoms with Gasteiger partial charge in [0.05, 0.1) is 5.82 Å². The molecule has 0 unspecified atom stereocenters. The van der Waals surface area contributed by atoms with Gasteiger partial charge in [-0.2, -0.15) is 5.56 Å². The minimum Gasteiger partial charge on any atom is -0.352 e. The third kappa shape index (κ3) is 8.69. The number of fused-ring (bicyclic) bond motifs is 3. The summed E-state index contributed by atoms with van der Waals surface area (Å²) in [5.74, 6) is 0.744. The molecule has 0 N–H and O–H groups in total. The number of hydrogen-bond donors (Lipinski definition) is 0. The standard InChI is InChI=1S/C25H14N.C14H15N2.B.Ir.Y/c1-2-9-23-18(6-1)11-12-19-13-14-21(17-24(19)23)20-7-5-8-22(16-20)25-10-3-4-15-26-25;1-14(2,3)12-9-10-15-13(16-12)11-7-5-4-6-8-11;;;/h1-7,9-15H;4-7,9-10H,1-3H3;;;/q-3;-1;;;. The molecule has 0 bridgehead atoms. The fraction of sp³-hybridized carbons (Fsp3) is 0.103. The van der Waals surface area contributed by atoms with Gasteiger partial charge >= 0.3 is 0 Å². The molecule has 7 rings (SSSR count). The molecule has 0 amide bonds. The van der Waals surface area contributed by atoms with Gasteiger partial charge in [0.2, 0.25) is 0 Å². The Hall–Kier alpha value is -3.33. The molecule has 5 radical (unpaired) electrons. The van der Waals surface area contributed by atoms with E-state index in [0.717, 1.165) is 44.9 Å². The molecule has 45 heavy (non-hydrogen) atoms. The molecule has 0 fully saturated rings. The summed E-state index contributed by atoms with van der Waals surface area (Å²) in [5, 5.41) is 4.79. The molecular formula is C39H29BIrN3Y-4. The van der Waals surface area contributed by atoms with Crippen LogP contribution < -0.4 is 0 Å². The number of hydrogen-bond acceptors (Lipinski definition) is 3. The van der Waals surface area contributed by atoms with Gasteiger partial charge in [-0.3, -0.25) is 33.2 Å². The fourth-order valence-electron chi connectivity index (χ4n) is 4.74. The summed E-state index contributed by atoms with van der Waals surface area (Å²) < 4.78 is 0. The first kappa shape index (κ1) is 36.1. The third-order valence-corrected chi connectivity index (χ3v) is 6.97. The Kier molecular flexibility index (Phi) is 13.1. The average Bonchev–Trinajstić information content (AvgIpc) is 3.05. The minimum absolute atomic E-state index is 0. The predicted octanol–water partition coefficient (Wildman–Crippen LogP) is 8.98. The van der Waals surface area contributed by atoms with Crippen LogP contribution in [0.15, 0.2) is 122 Å². The predicted molar refractivity (Wildman–Crippen MR) is 177 cm³/mol. The number of nitrogens with zero attached hydrogens (tertiary/aromatic N) is 3. The van der Waals surface area contributed by atoms with E-state index >= 15 is 0 Å². The van der Waals surface area contributed by atoms with Gasteiger partial charge in [0.25, 0.3) is 0 Å². The topological polar surface area (TPSA) is 38.7 Å². The van der Waals surface area contributed by atoms with Gasteiger partial charge in [0.15, 0.2) is 0 Å². The Labute approximate surface area is 306 Å². The molecule has 3 nitrogen and oxygen atoms in total. The van der Waals surface area contributed by atoms with Gasteiger partial charge in [-0.1, -0.05) is 85.1 Å². The summed E-state index contributed by atoms with van der Waals surface area (Å²) >= 11 is 0. The Morgan fingerprint density at radius 3 is 2.09 bits per heavy atom. The van der Waals surface area contributed by atoms with E-state index in [0.29, 0.717) is 0 Å². The van der Waals surface area contributed by atoms with Crippen LogP contribution in [0.4, 0.5) is 0 Å². The molecule has 6 heteroatoms. The molecule has 0 atom stereocenters. The largest absolute Gasteiger partial charge is 0.352 e. The van der Waals surface area contributed by atoms with Crippen LogP contribution in [0.1, 0.15) is 26.5 Å². The summed E-state index contributed by atoms with van der Waals surface area (Å²) in [6.45, 7) is 6.44. The van der Waals surface area contributed by atoms with Crippen molar-refractivity contribution in [1.29, 1.82) is 0 Å². The van der Waals surface area contributed by atoms with Crippen molar-refractivity contribution in [2.75, 3.05) is 0 Å². The Morgan fingerprint density at radius 2 is 1.33 bits per heavy atom. The zero-order valence-electron chi connectivity index (χ0n) is 25.4. The Morgan fingerprint density at radius 1 is 0.600 bits per heavy atom. The van der Waals surface area contributed by atoms with Gasteiger partial charge in [-0.25, -0.2) is 6.07 Å². The maximum absolute atomic E-state index is 4.57. The number of benzene rings is 5. The molecule has 2 aromatic heterocycles. The molecule has 0 aliphatic rings. The van der Waals surface area contributed by atoms with Crippen molar-refractivity contribution in [1.82, 2.24) is 15.0 Å². The second-order valence-corrected chi connectivity index (χ2v) is 11.0. The second-order valence-electron chi connectivity index (χ2n) is 11.0. The number of aromatic nitrogens is 3. The van der Waals surface area contributed by atoms with Crippen LogP contribution in [0.3, 0.4) is 0 Å². The maximum Gasteiger partial charge on any atom is 0.0751 e. The minimum atomic E-state index is 0. The zero-order chi connectivity index (χ0) is 28.9. The van der Waals surface area contributed by atoms with Crippen molar-refractivity contribution in [3.63, 3.8) is 0 Å². The first-order valence-corrected chi connectivity index (χ1v) is 14.0. The van der Waals surface area contributed by atoms with E-state index in [1.165, 1.54) is 16.2 Å². The number of pyridine rings is 1. The van der Waals surface area contributed by atoms with E-state index in [4.69, 9.17) is 0 Å². The van der Waals surface area contributed by atoms with Gasteiger partial charge in [-0.05, 0) is 12.1 Å². The average molecular weight is 832 g/mol. The summed E-state index contributed by atoms with van der Waals surface area (Å²) in [5.41, 5.74) is 5.81. The van der Waals surface area contributed by atoms with Crippen molar-refractivity contribution in [2.24, 2.45) is 0 Å². The van der Waals surface area contributed by atoms with E-state index in [9.17, 15) is 0 Å². The molecule has 0 saturated heterocycles. The first-order valence-electron chi connectivity index (χ1n) is 14.0. The van der Waals surface area contributed by atoms with Crippen LogP contribution in [-0.2, 0) is 58.2 Å². The maximum atomic E-state index is 4.57.